The Morgan fingerprint density at radius 2 is 1.47 bits per heavy atom. The molecule has 0 amide bonds. The summed E-state index contributed by atoms with van der Waals surface area (Å²) in [5.74, 6) is 0.256. The molecule has 0 spiro atoms. The van der Waals surface area contributed by atoms with Gasteiger partial charge in [0.1, 0.15) is 0 Å². The van der Waals surface area contributed by atoms with Gasteiger partial charge >= 0.3 is 0 Å². The van der Waals surface area contributed by atoms with Gasteiger partial charge in [-0.3, -0.25) is 0 Å². The average molecular weight is 216 g/mol. The summed E-state index contributed by atoms with van der Waals surface area (Å²) in [4.78, 5) is 0. The number of hydrogen-bond acceptors (Lipinski definition) is 0. The van der Waals surface area contributed by atoms with E-state index < -0.39 is 5.92 Å². The van der Waals surface area contributed by atoms with Gasteiger partial charge in [-0.25, -0.2) is 8.78 Å². The van der Waals surface area contributed by atoms with Crippen LogP contribution in [0.1, 0.15) is 52.4 Å². The van der Waals surface area contributed by atoms with E-state index in [0.29, 0.717) is 11.8 Å². The zero-order chi connectivity index (χ0) is 11.1. The molecule has 0 aromatic rings. The molecule has 0 heterocycles. The van der Waals surface area contributed by atoms with Gasteiger partial charge in [0.05, 0.1) is 0 Å². The summed E-state index contributed by atoms with van der Waals surface area (Å²) in [6.07, 6.45) is 5.48. The van der Waals surface area contributed by atoms with Gasteiger partial charge < -0.3 is 0 Å². The molecule has 2 atom stereocenters. The van der Waals surface area contributed by atoms with Crippen molar-refractivity contribution < 1.29 is 8.78 Å². The van der Waals surface area contributed by atoms with Crippen LogP contribution in [-0.2, 0) is 0 Å². The SMILES string of the molecule is CC(CCC(C)C1CC(F)(F)C1)C1CC1. The van der Waals surface area contributed by atoms with Gasteiger partial charge in [0.25, 0.3) is 0 Å². The zero-order valence-electron chi connectivity index (χ0n) is 9.81. The van der Waals surface area contributed by atoms with E-state index in [9.17, 15) is 8.78 Å². The van der Waals surface area contributed by atoms with Crippen molar-refractivity contribution in [2.45, 2.75) is 58.3 Å². The second-order valence-corrected chi connectivity index (χ2v) is 5.89. The minimum atomic E-state index is -2.33. The second-order valence-electron chi connectivity index (χ2n) is 5.89. The van der Waals surface area contributed by atoms with Crippen LogP contribution in [0.15, 0.2) is 0 Å². The maximum Gasteiger partial charge on any atom is 0.248 e. The van der Waals surface area contributed by atoms with Crippen LogP contribution in [0.25, 0.3) is 0 Å². The van der Waals surface area contributed by atoms with Crippen molar-refractivity contribution >= 4 is 0 Å². The van der Waals surface area contributed by atoms with Crippen LogP contribution in [0.4, 0.5) is 8.78 Å². The molecule has 2 aliphatic carbocycles. The molecule has 0 aliphatic heterocycles. The molecule has 0 radical (unpaired) electrons. The first kappa shape index (κ1) is 11.3. The summed E-state index contributed by atoms with van der Waals surface area (Å²) in [5, 5.41) is 0. The van der Waals surface area contributed by atoms with Gasteiger partial charge in [-0.15, -0.1) is 0 Å². The molecule has 0 saturated heterocycles. The first-order valence-corrected chi connectivity index (χ1v) is 6.36. The highest BCUT2D eigenvalue weighted by Crippen LogP contribution is 2.48. The molecule has 0 aromatic carbocycles. The monoisotopic (exact) mass is 216 g/mol. The van der Waals surface area contributed by atoms with Gasteiger partial charge in [-0.2, -0.15) is 0 Å². The predicted octanol–water partition coefficient (Wildman–Crippen LogP) is 4.49. The molecule has 2 unspecified atom stereocenters. The van der Waals surface area contributed by atoms with Crippen LogP contribution in [0.3, 0.4) is 0 Å². The second kappa shape index (κ2) is 4.03. The lowest BCUT2D eigenvalue weighted by Gasteiger charge is -2.39. The summed E-state index contributed by atoms with van der Waals surface area (Å²) in [6.45, 7) is 4.47. The van der Waals surface area contributed by atoms with Gasteiger partial charge in [0.15, 0.2) is 0 Å². The average Bonchev–Trinajstić information content (AvgIpc) is 2.92. The molecule has 2 rings (SSSR count). The Kier molecular flexibility index (Phi) is 3.05. The summed E-state index contributed by atoms with van der Waals surface area (Å²) in [5.41, 5.74) is 0. The molecule has 2 fully saturated rings. The predicted molar refractivity (Wildman–Crippen MR) is 58.0 cm³/mol. The third-order valence-corrected chi connectivity index (χ3v) is 4.43. The van der Waals surface area contributed by atoms with Gasteiger partial charge in [0, 0.05) is 12.8 Å². The quantitative estimate of drug-likeness (QED) is 0.635. The summed E-state index contributed by atoms with van der Waals surface area (Å²) < 4.78 is 25.4. The fraction of sp³-hybridized carbons (Fsp3) is 1.00. The van der Waals surface area contributed by atoms with Crippen LogP contribution in [0.2, 0.25) is 0 Å². The Hall–Kier alpha value is -0.140. The van der Waals surface area contributed by atoms with E-state index in [-0.39, 0.29) is 12.8 Å². The van der Waals surface area contributed by atoms with Crippen LogP contribution in [-0.4, -0.2) is 5.92 Å². The lowest BCUT2D eigenvalue weighted by Crippen LogP contribution is -2.38. The highest BCUT2D eigenvalue weighted by atomic mass is 19.3. The van der Waals surface area contributed by atoms with E-state index in [2.05, 4.69) is 13.8 Å². The highest BCUT2D eigenvalue weighted by Gasteiger charge is 2.47. The van der Waals surface area contributed by atoms with E-state index in [4.69, 9.17) is 0 Å². The Morgan fingerprint density at radius 1 is 1.00 bits per heavy atom. The van der Waals surface area contributed by atoms with Crippen molar-refractivity contribution in [3.63, 3.8) is 0 Å². The Bertz CT molecular complexity index is 213. The van der Waals surface area contributed by atoms with Gasteiger partial charge in [-0.1, -0.05) is 26.7 Å². The molecule has 0 aromatic heterocycles. The lowest BCUT2D eigenvalue weighted by atomic mass is 9.72. The standard InChI is InChI=1S/C13H22F2/c1-9(11-5-6-11)3-4-10(2)12-7-13(14,15)8-12/h9-12H,3-8H2,1-2H3. The Morgan fingerprint density at radius 3 is 1.87 bits per heavy atom. The Labute approximate surface area is 91.4 Å². The highest BCUT2D eigenvalue weighted by molar-refractivity contribution is 4.89. The van der Waals surface area contributed by atoms with Crippen molar-refractivity contribution in [1.29, 1.82) is 0 Å². The third-order valence-electron chi connectivity index (χ3n) is 4.43. The van der Waals surface area contributed by atoms with Gasteiger partial charge in [-0.05, 0) is 36.5 Å². The Balaban J connectivity index is 1.62. The normalized spacial score (nSPS) is 29.6. The largest absolute Gasteiger partial charge is 0.248 e. The van der Waals surface area contributed by atoms with E-state index in [0.717, 1.165) is 18.3 Å². The molecule has 88 valence electrons. The molecule has 2 aliphatic rings. The fourth-order valence-electron chi connectivity index (χ4n) is 2.77. The first-order valence-electron chi connectivity index (χ1n) is 6.36. The van der Waals surface area contributed by atoms with Crippen molar-refractivity contribution in [3.8, 4) is 0 Å². The first-order chi connectivity index (χ1) is 6.98. The van der Waals surface area contributed by atoms with Crippen molar-refractivity contribution in [1.82, 2.24) is 0 Å². The van der Waals surface area contributed by atoms with E-state index in [1.807, 2.05) is 0 Å². The molecule has 2 heteroatoms. The molecule has 0 N–H and O–H groups in total. The molecular formula is C13H22F2. The van der Waals surface area contributed by atoms with Crippen molar-refractivity contribution in [3.05, 3.63) is 0 Å². The minimum Gasteiger partial charge on any atom is -0.207 e. The minimum absolute atomic E-state index is 0.145. The maximum absolute atomic E-state index is 12.7. The van der Waals surface area contributed by atoms with E-state index in [1.165, 1.54) is 19.3 Å². The van der Waals surface area contributed by atoms with Crippen molar-refractivity contribution in [2.24, 2.45) is 23.7 Å². The van der Waals surface area contributed by atoms with E-state index >= 15 is 0 Å². The van der Waals surface area contributed by atoms with Crippen LogP contribution in [0, 0.1) is 23.7 Å². The molecule has 15 heavy (non-hydrogen) atoms. The molecule has 0 nitrogen and oxygen atoms in total. The van der Waals surface area contributed by atoms with Gasteiger partial charge in [0.2, 0.25) is 5.92 Å². The maximum atomic E-state index is 12.7. The molecular weight excluding hydrogens is 194 g/mol. The van der Waals surface area contributed by atoms with Crippen LogP contribution in [0.5, 0.6) is 0 Å². The summed E-state index contributed by atoms with van der Waals surface area (Å²) >= 11 is 0. The fourth-order valence-corrected chi connectivity index (χ4v) is 2.77. The van der Waals surface area contributed by atoms with Crippen molar-refractivity contribution in [2.75, 3.05) is 0 Å². The number of hydrogen-bond donors (Lipinski definition) is 0. The number of halogens is 2. The van der Waals surface area contributed by atoms with Crippen LogP contribution >= 0.6 is 0 Å². The third kappa shape index (κ3) is 2.92. The topological polar surface area (TPSA) is 0 Å². The van der Waals surface area contributed by atoms with Crippen LogP contribution < -0.4 is 0 Å². The number of alkyl halides is 2. The number of rotatable bonds is 5. The van der Waals surface area contributed by atoms with E-state index in [1.54, 1.807) is 0 Å². The zero-order valence-corrected chi connectivity index (χ0v) is 9.81. The summed E-state index contributed by atoms with van der Waals surface area (Å²) in [6, 6.07) is 0. The lowest BCUT2D eigenvalue weighted by molar-refractivity contribution is -0.125. The molecule has 2 saturated carbocycles. The summed E-state index contributed by atoms with van der Waals surface area (Å²) in [7, 11) is 0. The smallest absolute Gasteiger partial charge is 0.207 e. The molecule has 0 bridgehead atoms.